The Morgan fingerprint density at radius 2 is 1.90 bits per heavy atom. The van der Waals surface area contributed by atoms with E-state index in [2.05, 4.69) is 15.5 Å². The lowest BCUT2D eigenvalue weighted by Crippen LogP contribution is -2.36. The molecule has 0 radical (unpaired) electrons. The molecule has 158 valence electrons. The highest BCUT2D eigenvalue weighted by Gasteiger charge is 2.28. The molecule has 31 heavy (non-hydrogen) atoms. The Bertz CT molecular complexity index is 1410. The summed E-state index contributed by atoms with van der Waals surface area (Å²) in [6.45, 7) is 1.21. The Balaban J connectivity index is 1.56. The summed E-state index contributed by atoms with van der Waals surface area (Å²) in [5, 5.41) is 20.4. The first kappa shape index (κ1) is 19.4. The number of amides is 1. The average Bonchev–Trinajstić information content (AvgIpc) is 3.39. The molecular formula is C22H20N4O4S. The molecule has 8 nitrogen and oxygen atoms in total. The van der Waals surface area contributed by atoms with Crippen molar-refractivity contribution in [2.24, 2.45) is 0 Å². The lowest BCUT2D eigenvalue weighted by molar-refractivity contribution is 0.191. The summed E-state index contributed by atoms with van der Waals surface area (Å²) >= 11 is 0. The zero-order valence-electron chi connectivity index (χ0n) is 16.4. The van der Waals surface area contributed by atoms with Crippen LogP contribution in [0.2, 0.25) is 0 Å². The molecule has 0 saturated carbocycles. The van der Waals surface area contributed by atoms with E-state index in [-0.39, 0.29) is 16.0 Å². The highest BCUT2D eigenvalue weighted by molar-refractivity contribution is 7.91. The van der Waals surface area contributed by atoms with E-state index in [1.54, 1.807) is 30.3 Å². The average molecular weight is 436 g/mol. The number of aromatic amines is 1. The van der Waals surface area contributed by atoms with Crippen molar-refractivity contribution < 1.29 is 18.3 Å². The molecule has 1 fully saturated rings. The van der Waals surface area contributed by atoms with Gasteiger partial charge in [-0.1, -0.05) is 36.4 Å². The maximum Gasteiger partial charge on any atom is 0.404 e. The normalized spacial score (nSPS) is 16.8. The summed E-state index contributed by atoms with van der Waals surface area (Å²) in [5.74, 6) is 0. The molecule has 0 spiro atoms. The van der Waals surface area contributed by atoms with Gasteiger partial charge in [0.15, 0.2) is 5.03 Å². The first-order chi connectivity index (χ1) is 14.9. The molecule has 1 aliphatic heterocycles. The van der Waals surface area contributed by atoms with Crippen molar-refractivity contribution in [2.45, 2.75) is 22.4 Å². The summed E-state index contributed by atoms with van der Waals surface area (Å²) < 4.78 is 27.1. The summed E-state index contributed by atoms with van der Waals surface area (Å²) in [6.07, 6.45) is -0.350. The van der Waals surface area contributed by atoms with Gasteiger partial charge in [-0.2, -0.15) is 5.10 Å². The fourth-order valence-electron chi connectivity index (χ4n) is 4.20. The van der Waals surface area contributed by atoms with Crippen LogP contribution in [0.4, 0.5) is 10.5 Å². The molecule has 3 aromatic carbocycles. The molecule has 3 N–H and O–H groups in total. The first-order valence-electron chi connectivity index (χ1n) is 9.89. The standard InChI is InChI=1S/C22H20N4O4S/c27-22(28)23-15-10-11-26(13-15)16-8-9-19-18(12-16)21(25-24-19)31(29,30)20-7-3-5-14-4-1-2-6-17(14)20/h1-9,12,15,23H,10-11,13H2,(H,24,25)(H,27,28)/t15-/m1/s1. The lowest BCUT2D eigenvalue weighted by atomic mass is 10.1. The van der Waals surface area contributed by atoms with Gasteiger partial charge in [0, 0.05) is 29.5 Å². The van der Waals surface area contributed by atoms with E-state index in [1.165, 1.54) is 0 Å². The number of carbonyl (C=O) groups is 1. The van der Waals surface area contributed by atoms with Gasteiger partial charge in [0.2, 0.25) is 9.84 Å². The van der Waals surface area contributed by atoms with Gasteiger partial charge in [-0.05, 0) is 36.1 Å². The monoisotopic (exact) mass is 436 g/mol. The quantitative estimate of drug-likeness (QED) is 0.452. The van der Waals surface area contributed by atoms with Gasteiger partial charge in [-0.15, -0.1) is 0 Å². The Morgan fingerprint density at radius 3 is 2.74 bits per heavy atom. The summed E-state index contributed by atoms with van der Waals surface area (Å²) in [6, 6.07) is 17.9. The van der Waals surface area contributed by atoms with Crippen LogP contribution in [0.15, 0.2) is 70.6 Å². The minimum Gasteiger partial charge on any atom is -0.465 e. The number of nitrogens with zero attached hydrogens (tertiary/aromatic N) is 2. The van der Waals surface area contributed by atoms with Crippen LogP contribution >= 0.6 is 0 Å². The number of H-pyrrole nitrogens is 1. The van der Waals surface area contributed by atoms with E-state index in [0.717, 1.165) is 11.1 Å². The molecule has 1 amide bonds. The second-order valence-electron chi connectivity index (χ2n) is 7.62. The van der Waals surface area contributed by atoms with Crippen molar-refractivity contribution in [3.05, 3.63) is 60.7 Å². The van der Waals surface area contributed by atoms with E-state index >= 15 is 0 Å². The SMILES string of the molecule is O=C(O)N[C@@H]1CCN(c2ccc3[nH]nc(S(=O)(=O)c4cccc5ccccc45)c3c2)C1. The molecule has 0 unspecified atom stereocenters. The van der Waals surface area contributed by atoms with Crippen molar-refractivity contribution >= 4 is 43.3 Å². The zero-order chi connectivity index (χ0) is 21.6. The number of fused-ring (bicyclic) bond motifs is 2. The van der Waals surface area contributed by atoms with Crippen molar-refractivity contribution in [1.82, 2.24) is 15.5 Å². The molecule has 1 saturated heterocycles. The van der Waals surface area contributed by atoms with Crippen molar-refractivity contribution in [1.29, 1.82) is 0 Å². The Kier molecular flexibility index (Phi) is 4.55. The summed E-state index contributed by atoms with van der Waals surface area (Å²) in [4.78, 5) is 13.2. The number of carboxylic acid groups (broad SMARTS) is 1. The van der Waals surface area contributed by atoms with Gasteiger partial charge < -0.3 is 15.3 Å². The molecule has 4 aromatic rings. The van der Waals surface area contributed by atoms with Crippen LogP contribution in [0.25, 0.3) is 21.7 Å². The number of hydrogen-bond donors (Lipinski definition) is 3. The predicted octanol–water partition coefficient (Wildman–Crippen LogP) is 3.40. The second kappa shape index (κ2) is 7.28. The lowest BCUT2D eigenvalue weighted by Gasteiger charge is -2.19. The van der Waals surface area contributed by atoms with E-state index in [1.807, 2.05) is 35.2 Å². The molecule has 1 aliphatic rings. The molecule has 0 aliphatic carbocycles. The first-order valence-corrected chi connectivity index (χ1v) is 11.4. The number of sulfone groups is 1. The largest absolute Gasteiger partial charge is 0.465 e. The fourth-order valence-corrected chi connectivity index (χ4v) is 5.77. The number of anilines is 1. The molecule has 1 atom stereocenters. The van der Waals surface area contributed by atoms with E-state index in [9.17, 15) is 13.2 Å². The molecule has 1 aromatic heterocycles. The third kappa shape index (κ3) is 3.36. The maximum absolute atomic E-state index is 13.6. The van der Waals surface area contributed by atoms with Gasteiger partial charge in [0.05, 0.1) is 16.5 Å². The zero-order valence-corrected chi connectivity index (χ0v) is 17.3. The topological polar surface area (TPSA) is 115 Å². The molecule has 2 heterocycles. The number of aromatic nitrogens is 2. The van der Waals surface area contributed by atoms with Crippen LogP contribution in [0.3, 0.4) is 0 Å². The maximum atomic E-state index is 13.6. The van der Waals surface area contributed by atoms with Crippen LogP contribution in [0.5, 0.6) is 0 Å². The van der Waals surface area contributed by atoms with E-state index < -0.39 is 15.9 Å². The van der Waals surface area contributed by atoms with Crippen LogP contribution < -0.4 is 10.2 Å². The predicted molar refractivity (Wildman–Crippen MR) is 117 cm³/mol. The number of rotatable bonds is 4. The highest BCUT2D eigenvalue weighted by Crippen LogP contribution is 2.33. The fraction of sp³-hybridized carbons (Fsp3) is 0.182. The van der Waals surface area contributed by atoms with Gasteiger partial charge in [0.25, 0.3) is 0 Å². The highest BCUT2D eigenvalue weighted by atomic mass is 32.2. The Labute approximate surface area is 178 Å². The minimum absolute atomic E-state index is 0.0138. The molecular weight excluding hydrogens is 416 g/mol. The van der Waals surface area contributed by atoms with Crippen molar-refractivity contribution in [3.8, 4) is 0 Å². The van der Waals surface area contributed by atoms with Crippen LogP contribution in [0.1, 0.15) is 6.42 Å². The summed E-state index contributed by atoms with van der Waals surface area (Å²) in [7, 11) is -3.87. The number of hydrogen-bond acceptors (Lipinski definition) is 5. The molecule has 9 heteroatoms. The van der Waals surface area contributed by atoms with E-state index in [4.69, 9.17) is 5.11 Å². The molecule has 0 bridgehead atoms. The van der Waals surface area contributed by atoms with Gasteiger partial charge in [-0.3, -0.25) is 5.10 Å². The van der Waals surface area contributed by atoms with Crippen molar-refractivity contribution in [3.63, 3.8) is 0 Å². The Hall–Kier alpha value is -3.59. The minimum atomic E-state index is -3.87. The van der Waals surface area contributed by atoms with E-state index in [0.29, 0.717) is 35.8 Å². The van der Waals surface area contributed by atoms with Crippen LogP contribution in [-0.4, -0.2) is 48.9 Å². The van der Waals surface area contributed by atoms with Crippen molar-refractivity contribution in [2.75, 3.05) is 18.0 Å². The number of benzene rings is 3. The third-order valence-electron chi connectivity index (χ3n) is 5.69. The second-order valence-corrected chi connectivity index (χ2v) is 9.45. The Morgan fingerprint density at radius 1 is 1.10 bits per heavy atom. The van der Waals surface area contributed by atoms with Gasteiger partial charge in [0.1, 0.15) is 0 Å². The number of nitrogens with one attached hydrogen (secondary N) is 2. The molecule has 5 rings (SSSR count). The third-order valence-corrected chi connectivity index (χ3v) is 7.44. The smallest absolute Gasteiger partial charge is 0.404 e. The summed E-state index contributed by atoms with van der Waals surface area (Å²) in [5.41, 5.74) is 1.46. The van der Waals surface area contributed by atoms with Crippen LogP contribution in [-0.2, 0) is 9.84 Å². The van der Waals surface area contributed by atoms with Gasteiger partial charge >= 0.3 is 6.09 Å². The van der Waals surface area contributed by atoms with Gasteiger partial charge in [-0.25, -0.2) is 13.2 Å². The van der Waals surface area contributed by atoms with Crippen LogP contribution in [0, 0.1) is 0 Å².